The number of pyridine rings is 1. The summed E-state index contributed by atoms with van der Waals surface area (Å²) in [7, 11) is 0. The molecule has 0 aliphatic carbocycles. The van der Waals surface area contributed by atoms with Gasteiger partial charge < -0.3 is 14.8 Å². The lowest BCUT2D eigenvalue weighted by Crippen LogP contribution is -2.44. The van der Waals surface area contributed by atoms with E-state index in [1.54, 1.807) is 12.1 Å². The number of hydrogen-bond acceptors (Lipinski definition) is 6. The number of carbonyl (C=O) groups is 1. The van der Waals surface area contributed by atoms with E-state index in [2.05, 4.69) is 15.0 Å². The number of rotatable bonds is 4. The van der Waals surface area contributed by atoms with Gasteiger partial charge in [0.05, 0.1) is 17.4 Å². The van der Waals surface area contributed by atoms with Crippen molar-refractivity contribution in [3.63, 3.8) is 0 Å². The summed E-state index contributed by atoms with van der Waals surface area (Å²) in [6.45, 7) is 0.426. The molecule has 10 heteroatoms. The van der Waals surface area contributed by atoms with Crippen LogP contribution in [0.5, 0.6) is 5.75 Å². The van der Waals surface area contributed by atoms with E-state index in [0.717, 1.165) is 31.0 Å². The van der Waals surface area contributed by atoms with E-state index in [4.69, 9.17) is 4.74 Å². The summed E-state index contributed by atoms with van der Waals surface area (Å²) in [5.41, 5.74) is -2.01. The molecule has 0 spiro atoms. The Morgan fingerprint density at radius 3 is 2.61 bits per heavy atom. The second kappa shape index (κ2) is 8.60. The molecule has 1 unspecified atom stereocenters. The Balaban J connectivity index is 1.84. The van der Waals surface area contributed by atoms with Crippen molar-refractivity contribution in [2.75, 3.05) is 11.5 Å². The zero-order valence-electron chi connectivity index (χ0n) is 16.2. The van der Waals surface area contributed by atoms with Gasteiger partial charge in [0.2, 0.25) is 5.75 Å². The predicted molar refractivity (Wildman–Crippen MR) is 107 cm³/mol. The molecule has 3 aromatic rings. The second-order valence-corrected chi connectivity index (χ2v) is 6.92. The summed E-state index contributed by atoms with van der Waals surface area (Å²) in [5.74, 6) is -4.30. The molecule has 8 nitrogen and oxygen atoms in total. The van der Waals surface area contributed by atoms with Crippen molar-refractivity contribution in [1.82, 2.24) is 15.0 Å². The van der Waals surface area contributed by atoms with Gasteiger partial charge in [-0.2, -0.15) is 0 Å². The molecule has 2 N–H and O–H groups in total. The Morgan fingerprint density at radius 2 is 1.97 bits per heavy atom. The molecule has 3 heterocycles. The largest absolute Gasteiger partial charge is 0.501 e. The fourth-order valence-electron chi connectivity index (χ4n) is 3.41. The van der Waals surface area contributed by atoms with E-state index >= 15 is 0 Å². The van der Waals surface area contributed by atoms with Crippen molar-refractivity contribution >= 4 is 11.6 Å². The maximum atomic E-state index is 14.2. The summed E-state index contributed by atoms with van der Waals surface area (Å²) < 4.78 is 34.2. The quantitative estimate of drug-likeness (QED) is 0.661. The van der Waals surface area contributed by atoms with Crippen LogP contribution >= 0.6 is 0 Å². The van der Waals surface area contributed by atoms with Crippen molar-refractivity contribution in [3.05, 3.63) is 70.4 Å². The highest BCUT2D eigenvalue weighted by Crippen LogP contribution is 2.28. The number of carbonyl (C=O) groups excluding carboxylic acids is 1. The van der Waals surface area contributed by atoms with Gasteiger partial charge in [-0.3, -0.25) is 19.5 Å². The molecule has 0 saturated carbocycles. The van der Waals surface area contributed by atoms with Gasteiger partial charge in [-0.15, -0.1) is 0 Å². The predicted octanol–water partition coefficient (Wildman–Crippen LogP) is 2.99. The number of benzene rings is 1. The Morgan fingerprint density at radius 1 is 1.19 bits per heavy atom. The summed E-state index contributed by atoms with van der Waals surface area (Å²) in [4.78, 5) is 37.0. The third-order valence-corrected chi connectivity index (χ3v) is 4.88. The molecule has 4 rings (SSSR count). The smallest absolute Gasteiger partial charge is 0.294 e. The maximum Gasteiger partial charge on any atom is 0.294 e. The van der Waals surface area contributed by atoms with Crippen LogP contribution in [0.25, 0.3) is 11.4 Å². The highest BCUT2D eigenvalue weighted by Gasteiger charge is 2.32. The number of H-pyrrole nitrogens is 1. The van der Waals surface area contributed by atoms with Crippen molar-refractivity contribution in [2.45, 2.75) is 25.5 Å². The van der Waals surface area contributed by atoms with E-state index in [9.17, 15) is 23.5 Å². The molecular formula is C21H18F2N4O4. The molecule has 0 radical (unpaired) electrons. The van der Waals surface area contributed by atoms with Crippen LogP contribution in [0.15, 0.2) is 47.5 Å². The molecule has 1 aliphatic rings. The van der Waals surface area contributed by atoms with Crippen molar-refractivity contribution in [2.24, 2.45) is 0 Å². The van der Waals surface area contributed by atoms with E-state index in [-0.39, 0.29) is 0 Å². The van der Waals surface area contributed by atoms with Gasteiger partial charge in [0.15, 0.2) is 5.69 Å². The Hall–Kier alpha value is -3.66. The minimum absolute atomic E-state index is 0.361. The first-order valence-corrected chi connectivity index (χ1v) is 9.60. The Bertz CT molecular complexity index is 1140. The SMILES string of the molecule is O=C(c1nc(-c2c(F)cccc2F)[nH]c(=O)c1O)N(c1cccnc1)C1CCCCO1. The van der Waals surface area contributed by atoms with Crippen LogP contribution in [0.3, 0.4) is 0 Å². The lowest BCUT2D eigenvalue weighted by atomic mass is 10.1. The topological polar surface area (TPSA) is 108 Å². The lowest BCUT2D eigenvalue weighted by Gasteiger charge is -2.33. The van der Waals surface area contributed by atoms with E-state index in [1.165, 1.54) is 17.3 Å². The highest BCUT2D eigenvalue weighted by molar-refractivity contribution is 6.06. The van der Waals surface area contributed by atoms with Crippen molar-refractivity contribution < 1.29 is 23.4 Å². The monoisotopic (exact) mass is 428 g/mol. The summed E-state index contributed by atoms with van der Waals surface area (Å²) in [6.07, 6.45) is 4.42. The van der Waals surface area contributed by atoms with E-state index in [1.807, 2.05) is 0 Å². The summed E-state index contributed by atoms with van der Waals surface area (Å²) >= 11 is 0. The standard InChI is InChI=1S/C21H18F2N4O4/c22-13-6-3-7-14(23)16(13)19-25-17(18(28)20(29)26-19)21(30)27(12-5-4-9-24-11-12)15-8-1-2-10-31-15/h3-7,9,11,15,28H,1-2,8,10H2,(H,25,26,29). The minimum Gasteiger partial charge on any atom is -0.501 e. The molecule has 1 aliphatic heterocycles. The Kier molecular flexibility index (Phi) is 5.72. The van der Waals surface area contributed by atoms with Crippen LogP contribution in [0, 0.1) is 11.6 Å². The van der Waals surface area contributed by atoms with Crippen LogP contribution in [-0.4, -0.2) is 38.8 Å². The first-order valence-electron chi connectivity index (χ1n) is 9.60. The van der Waals surface area contributed by atoms with Gasteiger partial charge in [0.1, 0.15) is 23.7 Å². The average molecular weight is 428 g/mol. The number of halogens is 2. The van der Waals surface area contributed by atoms with Gasteiger partial charge in [0.25, 0.3) is 11.5 Å². The fourth-order valence-corrected chi connectivity index (χ4v) is 3.41. The van der Waals surface area contributed by atoms with Crippen molar-refractivity contribution in [3.8, 4) is 17.1 Å². The molecule has 31 heavy (non-hydrogen) atoms. The Labute approximate surface area is 175 Å². The number of aromatic amines is 1. The van der Waals surface area contributed by atoms with Gasteiger partial charge >= 0.3 is 0 Å². The molecular weight excluding hydrogens is 410 g/mol. The molecule has 1 saturated heterocycles. The van der Waals surface area contributed by atoms with E-state index < -0.39 is 52.2 Å². The highest BCUT2D eigenvalue weighted by atomic mass is 19.1. The fraction of sp³-hybridized carbons (Fsp3) is 0.238. The minimum atomic E-state index is -1.10. The number of nitrogens with one attached hydrogen (secondary N) is 1. The zero-order valence-corrected chi connectivity index (χ0v) is 16.2. The molecule has 1 atom stereocenters. The van der Waals surface area contributed by atoms with Gasteiger partial charge in [0, 0.05) is 12.8 Å². The molecule has 0 bridgehead atoms. The molecule has 2 aromatic heterocycles. The van der Waals surface area contributed by atoms with Gasteiger partial charge in [-0.1, -0.05) is 6.07 Å². The number of aromatic nitrogens is 3. The normalized spacial score (nSPS) is 16.1. The zero-order chi connectivity index (χ0) is 22.0. The third kappa shape index (κ3) is 4.02. The summed E-state index contributed by atoms with van der Waals surface area (Å²) in [6, 6.07) is 6.37. The number of amides is 1. The van der Waals surface area contributed by atoms with Crippen LogP contribution < -0.4 is 10.5 Å². The van der Waals surface area contributed by atoms with Crippen LogP contribution in [0.4, 0.5) is 14.5 Å². The van der Waals surface area contributed by atoms with Crippen molar-refractivity contribution in [1.29, 1.82) is 0 Å². The number of hydrogen-bond donors (Lipinski definition) is 2. The molecule has 1 fully saturated rings. The van der Waals surface area contributed by atoms with Gasteiger partial charge in [-0.05, 0) is 43.5 Å². The van der Waals surface area contributed by atoms with E-state index in [0.29, 0.717) is 18.7 Å². The van der Waals surface area contributed by atoms with Crippen LogP contribution in [-0.2, 0) is 4.74 Å². The first-order chi connectivity index (χ1) is 15.0. The molecule has 1 amide bonds. The van der Waals surface area contributed by atoms with Crippen LogP contribution in [0.1, 0.15) is 29.8 Å². The molecule has 1 aromatic carbocycles. The number of anilines is 1. The van der Waals surface area contributed by atoms with Crippen LogP contribution in [0.2, 0.25) is 0 Å². The first kappa shape index (κ1) is 20.6. The number of aromatic hydroxyl groups is 1. The number of ether oxygens (including phenoxy) is 1. The number of nitrogens with zero attached hydrogens (tertiary/aromatic N) is 3. The lowest BCUT2D eigenvalue weighted by molar-refractivity contribution is 0.0142. The molecule has 160 valence electrons. The third-order valence-electron chi connectivity index (χ3n) is 4.88. The van der Waals surface area contributed by atoms with Gasteiger partial charge in [-0.25, -0.2) is 13.8 Å². The second-order valence-electron chi connectivity index (χ2n) is 6.92. The average Bonchev–Trinajstić information content (AvgIpc) is 2.77. The maximum absolute atomic E-state index is 14.2. The summed E-state index contributed by atoms with van der Waals surface area (Å²) in [5, 5.41) is 10.3.